The number of nitrogens with one attached hydrogen (secondary N) is 1. The van der Waals surface area contributed by atoms with E-state index >= 15 is 0 Å². The normalized spacial score (nSPS) is 18.7. The number of aromatic nitrogens is 1. The molecule has 5 heteroatoms. The highest BCUT2D eigenvalue weighted by Crippen LogP contribution is 2.31. The van der Waals surface area contributed by atoms with E-state index in [0.717, 1.165) is 30.1 Å². The Balaban J connectivity index is 2.13. The number of amidine groups is 1. The number of rotatable bonds is 4. The zero-order valence-electron chi connectivity index (χ0n) is 14.8. The van der Waals surface area contributed by atoms with E-state index in [2.05, 4.69) is 53.6 Å². The molecule has 1 aliphatic rings. The molecule has 0 amide bonds. The molecule has 0 saturated carbocycles. The van der Waals surface area contributed by atoms with Gasteiger partial charge in [-0.25, -0.2) is 0 Å². The molecule has 23 heavy (non-hydrogen) atoms. The quantitative estimate of drug-likeness (QED) is 0.686. The maximum Gasteiger partial charge on any atom is 0.133 e. The van der Waals surface area contributed by atoms with Gasteiger partial charge in [0.1, 0.15) is 11.3 Å². The molecule has 0 aliphatic carbocycles. The van der Waals surface area contributed by atoms with Crippen LogP contribution in [0.5, 0.6) is 0 Å². The van der Waals surface area contributed by atoms with E-state index < -0.39 is 0 Å². The molecule has 0 aromatic carbocycles. The third-order valence-electron chi connectivity index (χ3n) is 3.99. The number of allylic oxidation sites excluding steroid dienone is 1. The third-order valence-corrected chi connectivity index (χ3v) is 3.99. The average Bonchev–Trinajstić information content (AvgIpc) is 2.51. The molecule has 1 fully saturated rings. The van der Waals surface area contributed by atoms with Crippen LogP contribution in [-0.2, 0) is 0 Å². The summed E-state index contributed by atoms with van der Waals surface area (Å²) in [6.45, 7) is 12.7. The summed E-state index contributed by atoms with van der Waals surface area (Å²) < 4.78 is 1.87. The van der Waals surface area contributed by atoms with Crippen LogP contribution in [0.25, 0.3) is 6.20 Å². The maximum absolute atomic E-state index is 4.34. The zero-order valence-corrected chi connectivity index (χ0v) is 14.8. The number of aliphatic imine (C=N–C) groups is 1. The molecule has 0 bridgehead atoms. The van der Waals surface area contributed by atoms with Crippen molar-refractivity contribution in [2.45, 2.75) is 20.8 Å². The molecular formula is C18H27N5. The Morgan fingerprint density at radius 2 is 2.04 bits per heavy atom. The van der Waals surface area contributed by atoms with Gasteiger partial charge in [0.15, 0.2) is 0 Å². The largest absolute Gasteiger partial charge is 0.374 e. The summed E-state index contributed by atoms with van der Waals surface area (Å²) >= 11 is 0. The lowest BCUT2D eigenvalue weighted by atomic mass is 9.84. The summed E-state index contributed by atoms with van der Waals surface area (Å²) in [5.41, 5.74) is 3.44. The van der Waals surface area contributed by atoms with E-state index in [-0.39, 0.29) is 0 Å². The van der Waals surface area contributed by atoms with E-state index in [9.17, 15) is 0 Å². The fourth-order valence-corrected chi connectivity index (χ4v) is 2.74. The Morgan fingerprint density at radius 1 is 1.35 bits per heavy atom. The van der Waals surface area contributed by atoms with Crippen molar-refractivity contribution in [2.24, 2.45) is 15.4 Å². The van der Waals surface area contributed by atoms with Crippen molar-refractivity contribution >= 4 is 17.7 Å². The molecule has 0 unspecified atom stereocenters. The van der Waals surface area contributed by atoms with Gasteiger partial charge in [0.25, 0.3) is 0 Å². The lowest BCUT2D eigenvalue weighted by molar-refractivity contribution is 0.0646. The van der Waals surface area contributed by atoms with Gasteiger partial charge in [-0.3, -0.25) is 9.98 Å². The molecule has 1 N–H and O–H groups in total. The van der Waals surface area contributed by atoms with Crippen molar-refractivity contribution in [2.75, 3.05) is 32.5 Å². The third kappa shape index (κ3) is 4.12. The summed E-state index contributed by atoms with van der Waals surface area (Å²) in [7, 11) is 3.56. The van der Waals surface area contributed by atoms with E-state index in [1.165, 1.54) is 5.70 Å². The van der Waals surface area contributed by atoms with Crippen molar-refractivity contribution in [3.8, 4) is 0 Å². The van der Waals surface area contributed by atoms with Crippen LogP contribution in [0.1, 0.15) is 20.8 Å². The van der Waals surface area contributed by atoms with Gasteiger partial charge < -0.3 is 14.8 Å². The van der Waals surface area contributed by atoms with E-state index in [1.807, 2.05) is 22.9 Å². The number of nitrogens with zero attached hydrogens (tertiary/aromatic N) is 4. The topological polar surface area (TPSA) is 44.9 Å². The summed E-state index contributed by atoms with van der Waals surface area (Å²) in [5.74, 6) is 0.839. The second-order valence-corrected chi connectivity index (χ2v) is 6.63. The maximum atomic E-state index is 4.34. The van der Waals surface area contributed by atoms with Crippen LogP contribution in [0.3, 0.4) is 0 Å². The molecular weight excluding hydrogens is 286 g/mol. The van der Waals surface area contributed by atoms with Crippen molar-refractivity contribution in [1.29, 1.82) is 0 Å². The van der Waals surface area contributed by atoms with Crippen LogP contribution >= 0.6 is 0 Å². The number of likely N-dealkylation sites (tertiary alicyclic amines) is 1. The minimum atomic E-state index is 0.418. The minimum absolute atomic E-state index is 0.418. The first kappa shape index (κ1) is 17.1. The van der Waals surface area contributed by atoms with Crippen LogP contribution in [0.15, 0.2) is 46.7 Å². The highest BCUT2D eigenvalue weighted by Gasteiger charge is 2.33. The minimum Gasteiger partial charge on any atom is -0.374 e. The highest BCUT2D eigenvalue weighted by molar-refractivity contribution is 6.04. The molecule has 1 aromatic rings. The molecule has 2 rings (SSSR count). The fraction of sp³-hybridized carbons (Fsp3) is 0.444. The van der Waals surface area contributed by atoms with Crippen molar-refractivity contribution in [3.05, 3.63) is 42.2 Å². The van der Waals surface area contributed by atoms with Gasteiger partial charge in [-0.2, -0.15) is 0 Å². The molecule has 0 atom stereocenters. The molecule has 0 radical (unpaired) electrons. The van der Waals surface area contributed by atoms with Crippen LogP contribution in [0.4, 0.5) is 5.69 Å². The Hall–Kier alpha value is -2.30. The Kier molecular flexibility index (Phi) is 5.08. The van der Waals surface area contributed by atoms with Gasteiger partial charge in [-0.1, -0.05) is 20.4 Å². The second kappa shape index (κ2) is 6.86. The molecule has 1 saturated heterocycles. The Morgan fingerprint density at radius 3 is 2.57 bits per heavy atom. The van der Waals surface area contributed by atoms with E-state index in [4.69, 9.17) is 0 Å². The average molecular weight is 313 g/mol. The van der Waals surface area contributed by atoms with Crippen LogP contribution in [-0.4, -0.2) is 42.5 Å². The van der Waals surface area contributed by atoms with Gasteiger partial charge in [-0.15, -0.1) is 0 Å². The molecule has 0 spiro atoms. The zero-order chi connectivity index (χ0) is 17.0. The van der Waals surface area contributed by atoms with Gasteiger partial charge in [-0.05, 0) is 24.5 Å². The summed E-state index contributed by atoms with van der Waals surface area (Å²) in [5, 5.41) is 3.35. The fourth-order valence-electron chi connectivity index (χ4n) is 2.74. The SMILES string of the molecule is C=Cn1ccc(NC(/C=C(\C)N2CC(C)(C)C2)=NC)cc1=NC. The standard InChI is InChI=1S/C18H27N5/c1-7-22-9-8-15(11-17(22)20-6)21-16(19-5)10-14(2)23-12-18(3,4)13-23/h7-11H,1,12-13H2,2-6H3,(H,19,21)/b14-10+,20-17?. The van der Waals surface area contributed by atoms with Crippen molar-refractivity contribution in [1.82, 2.24) is 9.47 Å². The molecule has 1 aliphatic heterocycles. The summed E-state index contributed by atoms with van der Waals surface area (Å²) in [6.07, 6.45) is 5.75. The summed E-state index contributed by atoms with van der Waals surface area (Å²) in [6, 6.07) is 3.96. The summed E-state index contributed by atoms with van der Waals surface area (Å²) in [4.78, 5) is 11.0. The number of pyridine rings is 1. The molecule has 2 heterocycles. The van der Waals surface area contributed by atoms with Gasteiger partial charge in [0, 0.05) is 57.0 Å². The van der Waals surface area contributed by atoms with Gasteiger partial charge >= 0.3 is 0 Å². The van der Waals surface area contributed by atoms with Crippen molar-refractivity contribution < 1.29 is 0 Å². The number of hydrogen-bond acceptors (Lipinski definition) is 3. The predicted molar refractivity (Wildman–Crippen MR) is 98.4 cm³/mol. The second-order valence-electron chi connectivity index (χ2n) is 6.63. The number of hydrogen-bond donors (Lipinski definition) is 1. The van der Waals surface area contributed by atoms with Crippen LogP contribution in [0, 0.1) is 5.41 Å². The van der Waals surface area contributed by atoms with Crippen LogP contribution in [0.2, 0.25) is 0 Å². The first-order valence-electron chi connectivity index (χ1n) is 7.83. The van der Waals surface area contributed by atoms with Gasteiger partial charge in [0.05, 0.1) is 0 Å². The lowest BCUT2D eigenvalue weighted by Gasteiger charge is -2.47. The molecule has 1 aromatic heterocycles. The molecule has 5 nitrogen and oxygen atoms in total. The van der Waals surface area contributed by atoms with Crippen LogP contribution < -0.4 is 10.8 Å². The van der Waals surface area contributed by atoms with Crippen molar-refractivity contribution in [3.63, 3.8) is 0 Å². The Bertz CT molecular complexity index is 698. The number of anilines is 1. The monoisotopic (exact) mass is 313 g/mol. The Labute approximate surface area is 138 Å². The van der Waals surface area contributed by atoms with Gasteiger partial charge in [0.2, 0.25) is 0 Å². The predicted octanol–water partition coefficient (Wildman–Crippen LogP) is 2.80. The lowest BCUT2D eigenvalue weighted by Crippen LogP contribution is -2.51. The smallest absolute Gasteiger partial charge is 0.133 e. The van der Waals surface area contributed by atoms with E-state index in [1.54, 1.807) is 20.3 Å². The molecule has 124 valence electrons. The highest BCUT2D eigenvalue weighted by atomic mass is 15.2. The van der Waals surface area contributed by atoms with E-state index in [0.29, 0.717) is 5.41 Å². The first-order valence-corrected chi connectivity index (χ1v) is 7.83. The first-order chi connectivity index (χ1) is 10.9.